The number of ether oxygens (including phenoxy) is 3. The van der Waals surface area contributed by atoms with Crippen LogP contribution in [0.15, 0.2) is 0 Å². The zero-order chi connectivity index (χ0) is 18.1. The van der Waals surface area contributed by atoms with Gasteiger partial charge in [0, 0.05) is 5.92 Å². The highest BCUT2D eigenvalue weighted by molar-refractivity contribution is 4.72. The molecule has 0 radical (unpaired) electrons. The first-order chi connectivity index (χ1) is 10.5. The highest BCUT2D eigenvalue weighted by Gasteiger charge is 2.23. The molecule has 0 aliphatic heterocycles. The van der Waals surface area contributed by atoms with Crippen LogP contribution in [0.25, 0.3) is 0 Å². The van der Waals surface area contributed by atoms with E-state index in [9.17, 15) is 0 Å². The fraction of sp³-hybridized carbons (Fsp3) is 1.00. The van der Waals surface area contributed by atoms with Crippen LogP contribution in [-0.2, 0) is 14.2 Å². The van der Waals surface area contributed by atoms with Gasteiger partial charge in [-0.25, -0.2) is 0 Å². The van der Waals surface area contributed by atoms with Crippen LogP contribution in [0.4, 0.5) is 0 Å². The lowest BCUT2D eigenvalue weighted by atomic mass is 10.0. The van der Waals surface area contributed by atoms with Gasteiger partial charge in [0.05, 0.1) is 37.1 Å². The quantitative estimate of drug-likeness (QED) is 0.448. The smallest absolute Gasteiger partial charge is 0.0648 e. The molecule has 2 unspecified atom stereocenters. The molecule has 0 saturated carbocycles. The molecule has 0 fully saturated rings. The van der Waals surface area contributed by atoms with Crippen LogP contribution >= 0.6 is 0 Å². The van der Waals surface area contributed by atoms with E-state index in [1.54, 1.807) is 0 Å². The Morgan fingerprint density at radius 3 is 1.87 bits per heavy atom. The van der Waals surface area contributed by atoms with Crippen molar-refractivity contribution in [1.82, 2.24) is 0 Å². The highest BCUT2D eigenvalue weighted by Crippen LogP contribution is 2.21. The van der Waals surface area contributed by atoms with Gasteiger partial charge in [-0.3, -0.25) is 0 Å². The second-order valence-corrected chi connectivity index (χ2v) is 8.57. The Morgan fingerprint density at radius 1 is 0.783 bits per heavy atom. The van der Waals surface area contributed by atoms with Crippen molar-refractivity contribution in [3.05, 3.63) is 0 Å². The van der Waals surface area contributed by atoms with Crippen LogP contribution in [0.5, 0.6) is 0 Å². The summed E-state index contributed by atoms with van der Waals surface area (Å²) in [5.74, 6) is 0.969. The van der Waals surface area contributed by atoms with E-state index in [-0.39, 0.29) is 11.2 Å². The number of rotatable bonds is 13. The molecule has 0 aromatic rings. The van der Waals surface area contributed by atoms with E-state index >= 15 is 0 Å². The van der Waals surface area contributed by atoms with Gasteiger partial charge in [0.2, 0.25) is 0 Å². The minimum Gasteiger partial charge on any atom is -0.378 e. The van der Waals surface area contributed by atoms with Crippen LogP contribution in [0, 0.1) is 11.8 Å². The molecule has 3 nitrogen and oxygen atoms in total. The second-order valence-electron chi connectivity index (χ2n) is 8.57. The first kappa shape index (κ1) is 22.9. The van der Waals surface area contributed by atoms with Crippen molar-refractivity contribution in [3.8, 4) is 0 Å². The third kappa shape index (κ3) is 12.0. The van der Waals surface area contributed by atoms with E-state index in [4.69, 9.17) is 14.2 Å². The molecule has 0 aliphatic rings. The highest BCUT2D eigenvalue weighted by atomic mass is 16.5. The first-order valence-electron chi connectivity index (χ1n) is 9.38. The summed E-state index contributed by atoms with van der Waals surface area (Å²) >= 11 is 0. The van der Waals surface area contributed by atoms with Gasteiger partial charge < -0.3 is 14.2 Å². The molecular formula is C20H42O3. The molecule has 2 atom stereocenters. The van der Waals surface area contributed by atoms with E-state index in [0.29, 0.717) is 17.9 Å². The van der Waals surface area contributed by atoms with Crippen molar-refractivity contribution in [3.63, 3.8) is 0 Å². The monoisotopic (exact) mass is 330 g/mol. The van der Waals surface area contributed by atoms with Gasteiger partial charge in [-0.2, -0.15) is 0 Å². The van der Waals surface area contributed by atoms with Crippen LogP contribution in [0.3, 0.4) is 0 Å². The van der Waals surface area contributed by atoms with Gasteiger partial charge in [0.25, 0.3) is 0 Å². The Hall–Kier alpha value is -0.120. The van der Waals surface area contributed by atoms with Crippen molar-refractivity contribution < 1.29 is 14.2 Å². The van der Waals surface area contributed by atoms with Crippen molar-refractivity contribution in [1.29, 1.82) is 0 Å². The van der Waals surface area contributed by atoms with Gasteiger partial charge in [-0.1, -0.05) is 34.1 Å². The zero-order valence-corrected chi connectivity index (χ0v) is 17.2. The largest absolute Gasteiger partial charge is 0.378 e. The van der Waals surface area contributed by atoms with E-state index in [2.05, 4.69) is 62.3 Å². The third-order valence-corrected chi connectivity index (χ3v) is 4.39. The molecule has 0 saturated heterocycles. The Labute approximate surface area is 145 Å². The summed E-state index contributed by atoms with van der Waals surface area (Å²) in [7, 11) is 0. The van der Waals surface area contributed by atoms with E-state index in [0.717, 1.165) is 39.1 Å². The standard InChI is InChI=1S/C20H42O3/c1-10-11-19(6,7)22-13-12-20(8,9)23-15-17(4)14-21-18(5)16(2)3/h16-18H,10-15H2,1-9H3. The molecule has 0 aliphatic carbocycles. The molecule has 0 amide bonds. The van der Waals surface area contributed by atoms with Gasteiger partial charge in [-0.05, 0) is 53.4 Å². The molecule has 0 rings (SSSR count). The van der Waals surface area contributed by atoms with Crippen molar-refractivity contribution in [2.75, 3.05) is 19.8 Å². The summed E-state index contributed by atoms with van der Waals surface area (Å²) in [5, 5.41) is 0. The summed E-state index contributed by atoms with van der Waals surface area (Å²) in [5.41, 5.74) is -0.181. The Morgan fingerprint density at radius 2 is 1.35 bits per heavy atom. The van der Waals surface area contributed by atoms with Crippen LogP contribution < -0.4 is 0 Å². The first-order valence-corrected chi connectivity index (χ1v) is 9.38. The topological polar surface area (TPSA) is 27.7 Å². The maximum absolute atomic E-state index is 6.10. The molecule has 3 heteroatoms. The minimum absolute atomic E-state index is 0.0288. The molecular weight excluding hydrogens is 288 g/mol. The van der Waals surface area contributed by atoms with Crippen molar-refractivity contribution in [2.24, 2.45) is 11.8 Å². The number of hydrogen-bond donors (Lipinski definition) is 0. The van der Waals surface area contributed by atoms with Gasteiger partial charge >= 0.3 is 0 Å². The SMILES string of the molecule is CCCC(C)(C)OCCC(C)(C)OCC(C)COC(C)C(C)C. The second kappa shape index (κ2) is 10.7. The molecule has 0 N–H and O–H groups in total. The summed E-state index contributed by atoms with van der Waals surface area (Å²) in [4.78, 5) is 0. The number of hydrogen-bond acceptors (Lipinski definition) is 3. The van der Waals surface area contributed by atoms with Crippen molar-refractivity contribution in [2.45, 2.75) is 98.9 Å². The third-order valence-electron chi connectivity index (χ3n) is 4.39. The normalized spacial score (nSPS) is 15.9. The maximum Gasteiger partial charge on any atom is 0.0648 e. The summed E-state index contributed by atoms with van der Waals surface area (Å²) in [6.45, 7) is 21.8. The van der Waals surface area contributed by atoms with Crippen molar-refractivity contribution >= 4 is 0 Å². The molecule has 0 spiro atoms. The Balaban J connectivity index is 3.98. The molecule has 140 valence electrons. The average Bonchev–Trinajstić information content (AvgIpc) is 2.41. The lowest BCUT2D eigenvalue weighted by molar-refractivity contribution is -0.0893. The fourth-order valence-corrected chi connectivity index (χ4v) is 2.24. The predicted octanol–water partition coefficient (Wildman–Crippen LogP) is 5.46. The minimum atomic E-state index is -0.153. The fourth-order valence-electron chi connectivity index (χ4n) is 2.24. The van der Waals surface area contributed by atoms with Gasteiger partial charge in [0.1, 0.15) is 0 Å². The molecule has 0 heterocycles. The molecule has 0 bridgehead atoms. The summed E-state index contributed by atoms with van der Waals surface area (Å²) in [6, 6.07) is 0. The van der Waals surface area contributed by atoms with E-state index < -0.39 is 0 Å². The summed E-state index contributed by atoms with van der Waals surface area (Å²) in [6.07, 6.45) is 3.46. The lowest BCUT2D eigenvalue weighted by Gasteiger charge is -2.30. The van der Waals surface area contributed by atoms with Gasteiger partial charge in [-0.15, -0.1) is 0 Å². The summed E-state index contributed by atoms with van der Waals surface area (Å²) < 4.78 is 18.0. The van der Waals surface area contributed by atoms with Crippen LogP contribution in [0.2, 0.25) is 0 Å². The van der Waals surface area contributed by atoms with E-state index in [1.807, 2.05) is 0 Å². The maximum atomic E-state index is 6.10. The van der Waals surface area contributed by atoms with Crippen LogP contribution in [0.1, 0.15) is 81.6 Å². The van der Waals surface area contributed by atoms with Gasteiger partial charge in [0.15, 0.2) is 0 Å². The Bertz CT molecular complexity index is 297. The Kier molecular flexibility index (Phi) is 10.6. The zero-order valence-electron chi connectivity index (χ0n) is 17.2. The molecule has 23 heavy (non-hydrogen) atoms. The molecule has 0 aromatic heterocycles. The lowest BCUT2D eigenvalue weighted by Crippen LogP contribution is -2.32. The van der Waals surface area contributed by atoms with Crippen LogP contribution in [-0.4, -0.2) is 37.1 Å². The predicted molar refractivity (Wildman–Crippen MR) is 99.0 cm³/mol. The average molecular weight is 331 g/mol. The van der Waals surface area contributed by atoms with E-state index in [1.165, 1.54) is 0 Å². The molecule has 0 aromatic carbocycles.